The molecule has 0 aliphatic carbocycles. The number of ether oxygens (including phenoxy) is 2. The second kappa shape index (κ2) is 16.9. The van der Waals surface area contributed by atoms with E-state index in [0.717, 1.165) is 44.6 Å². The van der Waals surface area contributed by atoms with Gasteiger partial charge in [-0.1, -0.05) is 84.9 Å². The van der Waals surface area contributed by atoms with Crippen LogP contribution in [0.2, 0.25) is 0 Å². The molecule has 2 aromatic heterocycles. The van der Waals surface area contributed by atoms with Gasteiger partial charge in [-0.05, 0) is 35.9 Å². The Kier molecular flexibility index (Phi) is 12.4. The number of ketones is 1. The highest BCUT2D eigenvalue weighted by molar-refractivity contribution is 7.13. The molecule has 0 saturated carbocycles. The Hall–Kier alpha value is -4.83. The van der Waals surface area contributed by atoms with Crippen LogP contribution in [0.4, 0.5) is 5.13 Å². The predicted octanol–water partition coefficient (Wildman–Crippen LogP) is 8.71. The minimum atomic E-state index is -0.407. The van der Waals surface area contributed by atoms with E-state index in [2.05, 4.69) is 9.97 Å². The van der Waals surface area contributed by atoms with Gasteiger partial charge in [-0.25, -0.2) is 9.97 Å². The van der Waals surface area contributed by atoms with Crippen LogP contribution in [0.5, 0.6) is 11.5 Å². The van der Waals surface area contributed by atoms with Gasteiger partial charge in [0.15, 0.2) is 10.9 Å². The Morgan fingerprint density at radius 2 is 1.13 bits per heavy atom. The fourth-order valence-electron chi connectivity index (χ4n) is 4.07. The Morgan fingerprint density at radius 3 is 1.60 bits per heavy atom. The molecule has 45 heavy (non-hydrogen) atoms. The summed E-state index contributed by atoms with van der Waals surface area (Å²) in [5.74, 6) is 1.69. The van der Waals surface area contributed by atoms with Gasteiger partial charge in [0.25, 0.3) is 5.24 Å². The maximum Gasteiger partial charge on any atom is 0.252 e. The number of nitrogens with zero attached hydrogens (tertiary/aromatic N) is 2. The van der Waals surface area contributed by atoms with E-state index in [4.69, 9.17) is 26.8 Å². The first-order valence-electron chi connectivity index (χ1n) is 13.6. The van der Waals surface area contributed by atoms with Crippen LogP contribution >= 0.6 is 34.3 Å². The fourth-order valence-corrected chi connectivity index (χ4v) is 5.55. The summed E-state index contributed by atoms with van der Waals surface area (Å²) in [5, 5.41) is 4.87. The van der Waals surface area contributed by atoms with Crippen molar-refractivity contribution in [3.8, 4) is 34.0 Å². The topological polar surface area (TPSA) is 104 Å². The second-order valence-electron chi connectivity index (χ2n) is 9.20. The highest BCUT2D eigenvalue weighted by atomic mass is 35.5. The largest absolute Gasteiger partial charge is 0.496 e. The number of benzene rings is 4. The Balaban J connectivity index is 0.000000171. The van der Waals surface area contributed by atoms with E-state index in [-0.39, 0.29) is 5.78 Å². The zero-order valence-corrected chi connectivity index (χ0v) is 26.9. The van der Waals surface area contributed by atoms with Gasteiger partial charge in [-0.15, -0.1) is 22.7 Å². The molecule has 0 radical (unpaired) electrons. The van der Waals surface area contributed by atoms with Crippen molar-refractivity contribution >= 4 is 50.4 Å². The zero-order chi connectivity index (χ0) is 32.0. The van der Waals surface area contributed by atoms with Crippen LogP contribution in [0, 0.1) is 0 Å². The van der Waals surface area contributed by atoms with Crippen molar-refractivity contribution < 1.29 is 19.1 Å². The van der Waals surface area contributed by atoms with E-state index in [1.807, 2.05) is 95.7 Å². The summed E-state index contributed by atoms with van der Waals surface area (Å²) in [7, 11) is 3.29. The van der Waals surface area contributed by atoms with Gasteiger partial charge in [0.2, 0.25) is 0 Å². The molecule has 0 fully saturated rings. The third-order valence-electron chi connectivity index (χ3n) is 6.25. The molecule has 0 aliphatic rings. The van der Waals surface area contributed by atoms with Gasteiger partial charge >= 0.3 is 0 Å². The smallest absolute Gasteiger partial charge is 0.252 e. The molecule has 6 aromatic rings. The predicted molar refractivity (Wildman–Crippen MR) is 184 cm³/mol. The number of hydrogen-bond acceptors (Lipinski definition) is 9. The molecule has 10 heteroatoms. The second-order valence-corrected chi connectivity index (χ2v) is 11.4. The molecular weight excluding hydrogens is 626 g/mol. The van der Waals surface area contributed by atoms with E-state index < -0.39 is 5.24 Å². The van der Waals surface area contributed by atoms with Crippen molar-refractivity contribution in [1.29, 1.82) is 0 Å². The van der Waals surface area contributed by atoms with Crippen molar-refractivity contribution in [2.45, 2.75) is 6.42 Å². The summed E-state index contributed by atoms with van der Waals surface area (Å²) in [4.78, 5) is 31.4. The molecular formula is C35H30ClN3O4S2. The van der Waals surface area contributed by atoms with Crippen LogP contribution < -0.4 is 15.2 Å². The minimum absolute atomic E-state index is 0.0847. The highest BCUT2D eigenvalue weighted by Crippen LogP contribution is 2.31. The van der Waals surface area contributed by atoms with Gasteiger partial charge in [-0.2, -0.15) is 0 Å². The Bertz CT molecular complexity index is 1830. The molecule has 0 atom stereocenters. The Labute approximate surface area is 274 Å². The molecule has 0 amide bonds. The van der Waals surface area contributed by atoms with Gasteiger partial charge in [-0.3, -0.25) is 9.59 Å². The lowest BCUT2D eigenvalue weighted by atomic mass is 10.1. The maximum atomic E-state index is 12.2. The molecule has 2 N–H and O–H groups in total. The number of halogens is 1. The lowest BCUT2D eigenvalue weighted by Crippen LogP contribution is -2.02. The third-order valence-corrected chi connectivity index (χ3v) is 7.99. The Morgan fingerprint density at radius 1 is 0.667 bits per heavy atom. The summed E-state index contributed by atoms with van der Waals surface area (Å²) in [6.45, 7) is 0. The number of aromatic nitrogens is 2. The number of carbonyl (C=O) groups is 2. The average molecular weight is 656 g/mol. The van der Waals surface area contributed by atoms with Gasteiger partial charge in [0.05, 0.1) is 32.0 Å². The molecule has 0 unspecified atom stereocenters. The maximum absolute atomic E-state index is 12.2. The number of anilines is 1. The fraction of sp³-hybridized carbons (Fsp3) is 0.0857. The van der Waals surface area contributed by atoms with Crippen molar-refractivity contribution in [2.24, 2.45) is 0 Å². The standard InChI is InChI=1S/C18H15NO2S.C10H10N2OS.C7H5ClO/c1-21-17-10-6-5-9-14(17)15-12-22-18(19-15)11-16(20)13-7-3-2-4-8-13;1-13-9-5-3-2-4-7(9)8-6-14-10(11)12-8;8-7(9)6-4-2-1-3-5-6/h2-10,12H,11H2,1H3;2-6H,1H3,(H2,11,12);1-5H. The number of Topliss-reactive ketones (excluding diaryl/α,β-unsaturated/α-hetero) is 1. The molecule has 0 saturated heterocycles. The van der Waals surface area contributed by atoms with Crippen molar-refractivity contribution in [1.82, 2.24) is 9.97 Å². The van der Waals surface area contributed by atoms with Crippen LogP contribution in [0.25, 0.3) is 22.5 Å². The highest BCUT2D eigenvalue weighted by Gasteiger charge is 2.13. The molecule has 7 nitrogen and oxygen atoms in total. The van der Waals surface area contributed by atoms with Gasteiger partial charge in [0, 0.05) is 33.0 Å². The number of hydrogen-bond donors (Lipinski definition) is 1. The molecule has 2 heterocycles. The van der Waals surface area contributed by atoms with Crippen molar-refractivity contribution in [2.75, 3.05) is 20.0 Å². The number of nitrogen functional groups attached to an aromatic ring is 1. The monoisotopic (exact) mass is 655 g/mol. The van der Waals surface area contributed by atoms with Crippen LogP contribution in [0.3, 0.4) is 0 Å². The summed E-state index contributed by atoms with van der Waals surface area (Å²) in [6.07, 6.45) is 0.323. The normalized spacial score (nSPS) is 10.0. The lowest BCUT2D eigenvalue weighted by Gasteiger charge is -2.04. The van der Waals surface area contributed by atoms with Gasteiger partial charge in [0.1, 0.15) is 16.5 Å². The summed E-state index contributed by atoms with van der Waals surface area (Å²) in [5.41, 5.74) is 10.5. The SMILES string of the molecule is COc1ccccc1-c1csc(CC(=O)c2ccccc2)n1.COc1ccccc1-c1csc(N)n1.O=C(Cl)c1ccccc1. The first kappa shape index (κ1) is 33.1. The lowest BCUT2D eigenvalue weighted by molar-refractivity contribution is 0.0992. The quantitative estimate of drug-likeness (QED) is 0.129. The van der Waals surface area contributed by atoms with Crippen LogP contribution in [-0.4, -0.2) is 35.2 Å². The van der Waals surface area contributed by atoms with Crippen molar-refractivity contribution in [3.63, 3.8) is 0 Å². The summed E-state index contributed by atoms with van der Waals surface area (Å²) >= 11 is 8.09. The van der Waals surface area contributed by atoms with E-state index in [9.17, 15) is 9.59 Å². The zero-order valence-electron chi connectivity index (χ0n) is 24.6. The van der Waals surface area contributed by atoms with Crippen LogP contribution in [0.1, 0.15) is 25.7 Å². The summed E-state index contributed by atoms with van der Waals surface area (Å²) in [6, 6.07) is 33.5. The first-order chi connectivity index (χ1) is 21.9. The molecule has 0 spiro atoms. The average Bonchev–Trinajstić information content (AvgIpc) is 3.75. The number of nitrogens with two attached hydrogens (primary N) is 1. The molecule has 6 rings (SSSR count). The minimum Gasteiger partial charge on any atom is -0.496 e. The van der Waals surface area contributed by atoms with Crippen molar-refractivity contribution in [3.05, 3.63) is 136 Å². The number of thiazole rings is 2. The third kappa shape index (κ3) is 9.58. The van der Waals surface area contributed by atoms with Crippen LogP contribution in [0.15, 0.2) is 120 Å². The number of rotatable bonds is 8. The van der Waals surface area contributed by atoms with E-state index in [1.54, 1.807) is 38.5 Å². The van der Waals surface area contributed by atoms with Crippen LogP contribution in [-0.2, 0) is 6.42 Å². The number of carbonyl (C=O) groups excluding carboxylic acids is 2. The van der Waals surface area contributed by atoms with E-state index in [0.29, 0.717) is 17.1 Å². The molecule has 0 aliphatic heterocycles. The van der Waals surface area contributed by atoms with E-state index in [1.165, 1.54) is 22.7 Å². The molecule has 0 bridgehead atoms. The summed E-state index contributed by atoms with van der Waals surface area (Å²) < 4.78 is 10.6. The van der Waals surface area contributed by atoms with E-state index >= 15 is 0 Å². The molecule has 4 aromatic carbocycles. The molecule has 228 valence electrons. The van der Waals surface area contributed by atoms with Gasteiger partial charge < -0.3 is 15.2 Å². The number of para-hydroxylation sites is 2. The number of methoxy groups -OCH3 is 2. The first-order valence-corrected chi connectivity index (χ1v) is 15.8.